The summed E-state index contributed by atoms with van der Waals surface area (Å²) in [6.07, 6.45) is 4.95. The lowest BCUT2D eigenvalue weighted by atomic mass is 10.0. The van der Waals surface area contributed by atoms with Gasteiger partial charge in [-0.25, -0.2) is 0 Å². The summed E-state index contributed by atoms with van der Waals surface area (Å²) in [5, 5.41) is 3.31. The second kappa shape index (κ2) is 11.0. The van der Waals surface area contributed by atoms with Crippen LogP contribution in [0, 0.1) is 5.92 Å². The summed E-state index contributed by atoms with van der Waals surface area (Å²) in [4.78, 5) is 16.8. The van der Waals surface area contributed by atoms with Crippen molar-refractivity contribution in [2.45, 2.75) is 38.3 Å². The third-order valence-electron chi connectivity index (χ3n) is 5.08. The Labute approximate surface area is 164 Å². The Bertz CT molecular complexity index is 511. The minimum atomic E-state index is 0. The van der Waals surface area contributed by atoms with Crippen LogP contribution in [-0.2, 0) is 11.3 Å². The molecule has 1 N–H and O–H groups in total. The number of halogens is 2. The summed E-state index contributed by atoms with van der Waals surface area (Å²) in [5.74, 6) is 1.06. The van der Waals surface area contributed by atoms with Crippen LogP contribution >= 0.6 is 24.8 Å². The van der Waals surface area contributed by atoms with Crippen LogP contribution in [-0.4, -0.2) is 55.0 Å². The molecule has 142 valence electrons. The molecule has 1 unspecified atom stereocenters. The van der Waals surface area contributed by atoms with Gasteiger partial charge in [-0.2, -0.15) is 0 Å². The second-order valence-electron chi connectivity index (χ2n) is 7.10. The highest BCUT2D eigenvalue weighted by atomic mass is 35.5. The molecule has 0 bridgehead atoms. The molecular weight excluding hydrogens is 357 g/mol. The number of amides is 1. The van der Waals surface area contributed by atoms with E-state index >= 15 is 0 Å². The van der Waals surface area contributed by atoms with Crippen LogP contribution in [0.25, 0.3) is 0 Å². The third kappa shape index (κ3) is 7.14. The maximum absolute atomic E-state index is 12.4. The number of carbonyl (C=O) groups is 1. The van der Waals surface area contributed by atoms with E-state index in [-0.39, 0.29) is 30.7 Å². The summed E-state index contributed by atoms with van der Waals surface area (Å²) in [6, 6.07) is 11.0. The molecule has 1 saturated heterocycles. The molecule has 0 radical (unpaired) electrons. The molecule has 6 heteroatoms. The normalized spacial score (nSPS) is 20.3. The van der Waals surface area contributed by atoms with Crippen molar-refractivity contribution >= 4 is 30.7 Å². The Morgan fingerprint density at radius 1 is 1.20 bits per heavy atom. The highest BCUT2D eigenvalue weighted by Crippen LogP contribution is 2.27. The molecule has 1 aliphatic carbocycles. The fourth-order valence-corrected chi connectivity index (χ4v) is 3.37. The molecule has 2 fully saturated rings. The zero-order valence-corrected chi connectivity index (χ0v) is 16.7. The van der Waals surface area contributed by atoms with E-state index < -0.39 is 0 Å². The lowest BCUT2D eigenvalue weighted by molar-refractivity contribution is -0.132. The van der Waals surface area contributed by atoms with Crippen LogP contribution < -0.4 is 5.32 Å². The molecule has 1 aromatic carbocycles. The van der Waals surface area contributed by atoms with E-state index in [1.165, 1.54) is 24.8 Å². The van der Waals surface area contributed by atoms with Crippen LogP contribution in [0.1, 0.15) is 31.2 Å². The molecule has 1 aliphatic heterocycles. The Morgan fingerprint density at radius 3 is 2.60 bits per heavy atom. The van der Waals surface area contributed by atoms with E-state index in [1.807, 2.05) is 11.9 Å². The smallest absolute Gasteiger partial charge is 0.236 e. The minimum Gasteiger partial charge on any atom is -0.340 e. The van der Waals surface area contributed by atoms with Gasteiger partial charge < -0.3 is 10.2 Å². The van der Waals surface area contributed by atoms with Crippen molar-refractivity contribution < 1.29 is 4.79 Å². The largest absolute Gasteiger partial charge is 0.340 e. The number of nitrogens with zero attached hydrogens (tertiary/aromatic N) is 2. The van der Waals surface area contributed by atoms with Crippen LogP contribution in [0.2, 0.25) is 0 Å². The van der Waals surface area contributed by atoms with E-state index in [9.17, 15) is 4.79 Å². The molecule has 1 heterocycles. The van der Waals surface area contributed by atoms with Crippen molar-refractivity contribution in [2.75, 3.05) is 33.2 Å². The maximum atomic E-state index is 12.4. The highest BCUT2D eigenvalue weighted by molar-refractivity contribution is 5.85. The van der Waals surface area contributed by atoms with Gasteiger partial charge in [0.1, 0.15) is 0 Å². The topological polar surface area (TPSA) is 35.6 Å². The lowest BCUT2D eigenvalue weighted by Gasteiger charge is -2.37. The molecule has 1 aromatic rings. The van der Waals surface area contributed by atoms with E-state index in [4.69, 9.17) is 0 Å². The number of benzene rings is 1. The van der Waals surface area contributed by atoms with Gasteiger partial charge in [-0.3, -0.25) is 9.69 Å². The number of hydrogen-bond donors (Lipinski definition) is 1. The first-order valence-electron chi connectivity index (χ1n) is 8.95. The number of likely N-dealkylation sites (N-methyl/N-ethyl adjacent to an activating group) is 1. The molecule has 3 rings (SSSR count). The van der Waals surface area contributed by atoms with E-state index in [0.29, 0.717) is 12.6 Å². The Balaban J connectivity index is 0.00000156. The minimum absolute atomic E-state index is 0. The Hall–Kier alpha value is -0.810. The number of carbonyl (C=O) groups excluding carboxylic acids is 1. The zero-order valence-electron chi connectivity index (χ0n) is 15.0. The summed E-state index contributed by atoms with van der Waals surface area (Å²) in [5.41, 5.74) is 1.35. The highest BCUT2D eigenvalue weighted by Gasteiger charge is 2.26. The van der Waals surface area contributed by atoms with Crippen molar-refractivity contribution in [3.63, 3.8) is 0 Å². The molecule has 0 aromatic heterocycles. The number of piperidine rings is 1. The van der Waals surface area contributed by atoms with Crippen LogP contribution in [0.3, 0.4) is 0 Å². The first kappa shape index (κ1) is 22.2. The molecule has 1 amide bonds. The summed E-state index contributed by atoms with van der Waals surface area (Å²) in [7, 11) is 1.97. The number of nitrogens with one attached hydrogen (secondary N) is 1. The Kier molecular flexibility index (Phi) is 9.80. The summed E-state index contributed by atoms with van der Waals surface area (Å²) < 4.78 is 0. The molecule has 25 heavy (non-hydrogen) atoms. The van der Waals surface area contributed by atoms with Gasteiger partial charge in [0.2, 0.25) is 5.91 Å². The first-order valence-corrected chi connectivity index (χ1v) is 8.95. The van der Waals surface area contributed by atoms with Gasteiger partial charge in [0.25, 0.3) is 0 Å². The average Bonchev–Trinajstić information content (AvgIpc) is 3.39. The van der Waals surface area contributed by atoms with Gasteiger partial charge in [-0.1, -0.05) is 30.3 Å². The number of hydrogen-bond acceptors (Lipinski definition) is 3. The first-order chi connectivity index (χ1) is 11.2. The van der Waals surface area contributed by atoms with E-state index in [1.54, 1.807) is 0 Å². The lowest BCUT2D eigenvalue weighted by Crippen LogP contribution is -2.50. The predicted molar refractivity (Wildman–Crippen MR) is 108 cm³/mol. The van der Waals surface area contributed by atoms with Gasteiger partial charge in [0.15, 0.2) is 0 Å². The van der Waals surface area contributed by atoms with Crippen molar-refractivity contribution in [1.29, 1.82) is 0 Å². The van der Waals surface area contributed by atoms with Gasteiger partial charge in [0, 0.05) is 26.2 Å². The SMILES string of the molecule is CN(C(=O)CNCC1CC1)C1CCCN(Cc2ccccc2)C1.Cl.Cl. The summed E-state index contributed by atoms with van der Waals surface area (Å²) >= 11 is 0. The van der Waals surface area contributed by atoms with E-state index in [2.05, 4.69) is 40.5 Å². The standard InChI is InChI=1S/C19H29N3O.2ClH/c1-21(19(23)13-20-12-16-9-10-16)18-8-5-11-22(15-18)14-17-6-3-2-4-7-17;;/h2-4,6-7,16,18,20H,5,8-15H2,1H3;2*1H. The quantitative estimate of drug-likeness (QED) is 0.780. The molecule has 2 aliphatic rings. The number of likely N-dealkylation sites (tertiary alicyclic amines) is 1. The van der Waals surface area contributed by atoms with Gasteiger partial charge in [-0.15, -0.1) is 24.8 Å². The van der Waals surface area contributed by atoms with Gasteiger partial charge in [-0.05, 0) is 50.3 Å². The third-order valence-corrected chi connectivity index (χ3v) is 5.08. The van der Waals surface area contributed by atoms with Gasteiger partial charge in [0.05, 0.1) is 6.54 Å². The van der Waals surface area contributed by atoms with Crippen molar-refractivity contribution in [3.05, 3.63) is 35.9 Å². The summed E-state index contributed by atoms with van der Waals surface area (Å²) in [6.45, 7) is 4.60. The second-order valence-corrected chi connectivity index (χ2v) is 7.10. The van der Waals surface area contributed by atoms with Crippen molar-refractivity contribution in [3.8, 4) is 0 Å². The predicted octanol–water partition coefficient (Wildman–Crippen LogP) is 2.95. The fraction of sp³-hybridized carbons (Fsp3) is 0.632. The molecule has 1 atom stereocenters. The Morgan fingerprint density at radius 2 is 1.92 bits per heavy atom. The van der Waals surface area contributed by atoms with Crippen molar-refractivity contribution in [1.82, 2.24) is 15.1 Å². The maximum Gasteiger partial charge on any atom is 0.236 e. The average molecular weight is 388 g/mol. The molecule has 1 saturated carbocycles. The molecule has 0 spiro atoms. The van der Waals surface area contributed by atoms with Gasteiger partial charge >= 0.3 is 0 Å². The fourth-order valence-electron chi connectivity index (χ4n) is 3.37. The van der Waals surface area contributed by atoms with Crippen LogP contribution in [0.4, 0.5) is 0 Å². The van der Waals surface area contributed by atoms with Crippen LogP contribution in [0.5, 0.6) is 0 Å². The monoisotopic (exact) mass is 387 g/mol. The van der Waals surface area contributed by atoms with Crippen molar-refractivity contribution in [2.24, 2.45) is 5.92 Å². The van der Waals surface area contributed by atoms with Crippen LogP contribution in [0.15, 0.2) is 30.3 Å². The van der Waals surface area contributed by atoms with E-state index in [0.717, 1.165) is 38.5 Å². The molecular formula is C19H31Cl2N3O. The number of rotatable bonds is 7. The molecule has 4 nitrogen and oxygen atoms in total. The zero-order chi connectivity index (χ0) is 16.1.